The van der Waals surface area contributed by atoms with Crippen molar-refractivity contribution in [1.29, 1.82) is 0 Å². The molecule has 0 saturated carbocycles. The summed E-state index contributed by atoms with van der Waals surface area (Å²) in [4.78, 5) is 15.3. The molecule has 1 fully saturated rings. The summed E-state index contributed by atoms with van der Waals surface area (Å²) in [6, 6.07) is 19.0. The maximum atomic E-state index is 13.6. The predicted molar refractivity (Wildman–Crippen MR) is 136 cm³/mol. The van der Waals surface area contributed by atoms with Gasteiger partial charge in [0.15, 0.2) is 11.5 Å². The van der Waals surface area contributed by atoms with Gasteiger partial charge in [-0.1, -0.05) is 42.5 Å². The molecule has 2 unspecified atom stereocenters. The number of carbonyl (C=O) groups is 1. The molecule has 188 valence electrons. The normalized spacial score (nSPS) is 16.9. The molecular weight excluding hydrogens is 459 g/mol. The summed E-state index contributed by atoms with van der Waals surface area (Å²) in [5.41, 5.74) is 3.21. The molecule has 0 spiro atoms. The van der Waals surface area contributed by atoms with Gasteiger partial charge < -0.3 is 24.8 Å². The van der Waals surface area contributed by atoms with E-state index in [2.05, 4.69) is 10.2 Å². The number of hydrogen-bond donors (Lipinski definition) is 2. The standard InChI is InChI=1S/C29H31FN2O4/c30-24-5-3-4-22(17-24)21-8-6-20(7-9-21)16-28(33)31-25(19-32-12-1-2-13-32)29(34)23-10-11-26-27(18-23)36-15-14-35-26/h3-11,17-18,25,29,34H,1-2,12-16,19H2,(H,31,33). The Bertz CT molecular complexity index is 1190. The third kappa shape index (κ3) is 5.86. The maximum absolute atomic E-state index is 13.6. The Kier molecular flexibility index (Phi) is 7.49. The van der Waals surface area contributed by atoms with Gasteiger partial charge in [0, 0.05) is 6.54 Å². The second-order valence-electron chi connectivity index (χ2n) is 9.41. The quantitative estimate of drug-likeness (QED) is 0.497. The van der Waals surface area contributed by atoms with Gasteiger partial charge in [-0.2, -0.15) is 0 Å². The zero-order chi connectivity index (χ0) is 24.9. The first kappa shape index (κ1) is 24.3. The van der Waals surface area contributed by atoms with E-state index in [1.165, 1.54) is 12.1 Å². The molecule has 2 atom stereocenters. The molecule has 0 aromatic heterocycles. The Labute approximate surface area is 210 Å². The van der Waals surface area contributed by atoms with E-state index in [0.717, 1.165) is 42.6 Å². The first-order valence-corrected chi connectivity index (χ1v) is 12.5. The fourth-order valence-electron chi connectivity index (χ4n) is 4.87. The van der Waals surface area contributed by atoms with Crippen LogP contribution < -0.4 is 14.8 Å². The Balaban J connectivity index is 1.27. The van der Waals surface area contributed by atoms with Crippen LogP contribution in [0.2, 0.25) is 0 Å². The average Bonchev–Trinajstić information content (AvgIpc) is 3.41. The van der Waals surface area contributed by atoms with Crippen LogP contribution in [0.4, 0.5) is 4.39 Å². The lowest BCUT2D eigenvalue weighted by Crippen LogP contribution is -2.47. The Hall–Kier alpha value is -3.42. The summed E-state index contributed by atoms with van der Waals surface area (Å²) in [7, 11) is 0. The van der Waals surface area contributed by atoms with E-state index >= 15 is 0 Å². The number of halogens is 1. The summed E-state index contributed by atoms with van der Waals surface area (Å²) in [6.45, 7) is 3.47. The highest BCUT2D eigenvalue weighted by molar-refractivity contribution is 5.79. The summed E-state index contributed by atoms with van der Waals surface area (Å²) in [5.74, 6) is 0.840. The first-order valence-electron chi connectivity index (χ1n) is 12.5. The lowest BCUT2D eigenvalue weighted by molar-refractivity contribution is -0.122. The van der Waals surface area contributed by atoms with Crippen LogP contribution >= 0.6 is 0 Å². The highest BCUT2D eigenvalue weighted by Gasteiger charge is 2.28. The zero-order valence-electron chi connectivity index (χ0n) is 20.2. The number of likely N-dealkylation sites (tertiary alicyclic amines) is 1. The van der Waals surface area contributed by atoms with Crippen LogP contribution in [0.1, 0.15) is 30.1 Å². The monoisotopic (exact) mass is 490 g/mol. The smallest absolute Gasteiger partial charge is 0.224 e. The Morgan fingerprint density at radius 2 is 1.69 bits per heavy atom. The molecule has 0 radical (unpaired) electrons. The fourth-order valence-corrected chi connectivity index (χ4v) is 4.87. The van der Waals surface area contributed by atoms with Gasteiger partial charge in [0.1, 0.15) is 25.1 Å². The molecule has 3 aromatic carbocycles. The van der Waals surface area contributed by atoms with E-state index in [9.17, 15) is 14.3 Å². The van der Waals surface area contributed by atoms with Gasteiger partial charge in [-0.3, -0.25) is 4.79 Å². The zero-order valence-corrected chi connectivity index (χ0v) is 20.2. The molecule has 6 nitrogen and oxygen atoms in total. The molecule has 2 N–H and O–H groups in total. The molecule has 1 saturated heterocycles. The second-order valence-corrected chi connectivity index (χ2v) is 9.41. The minimum Gasteiger partial charge on any atom is -0.486 e. The minimum absolute atomic E-state index is 0.158. The van der Waals surface area contributed by atoms with Crippen LogP contribution in [0.25, 0.3) is 11.1 Å². The molecule has 0 bridgehead atoms. The fraction of sp³-hybridized carbons (Fsp3) is 0.345. The maximum Gasteiger partial charge on any atom is 0.224 e. The van der Waals surface area contributed by atoms with Gasteiger partial charge in [-0.25, -0.2) is 4.39 Å². The van der Waals surface area contributed by atoms with Gasteiger partial charge in [0.05, 0.1) is 12.5 Å². The van der Waals surface area contributed by atoms with Gasteiger partial charge in [0.2, 0.25) is 5.91 Å². The number of fused-ring (bicyclic) bond motifs is 1. The molecule has 3 aromatic rings. The van der Waals surface area contributed by atoms with Crippen molar-refractivity contribution in [1.82, 2.24) is 10.2 Å². The first-order chi connectivity index (χ1) is 17.5. The van der Waals surface area contributed by atoms with Gasteiger partial charge >= 0.3 is 0 Å². The molecule has 1 amide bonds. The molecule has 0 aliphatic carbocycles. The van der Waals surface area contributed by atoms with Crippen molar-refractivity contribution in [3.8, 4) is 22.6 Å². The van der Waals surface area contributed by atoms with Crippen molar-refractivity contribution in [3.63, 3.8) is 0 Å². The largest absolute Gasteiger partial charge is 0.486 e. The lowest BCUT2D eigenvalue weighted by atomic mass is 10.00. The van der Waals surface area contributed by atoms with E-state index in [4.69, 9.17) is 9.47 Å². The van der Waals surface area contributed by atoms with Crippen molar-refractivity contribution in [3.05, 3.63) is 83.7 Å². The average molecular weight is 491 g/mol. The third-order valence-electron chi connectivity index (χ3n) is 6.77. The number of ether oxygens (including phenoxy) is 2. The number of amides is 1. The summed E-state index contributed by atoms with van der Waals surface area (Å²) in [6.07, 6.45) is 1.55. The van der Waals surface area contributed by atoms with E-state index < -0.39 is 12.1 Å². The van der Waals surface area contributed by atoms with Crippen LogP contribution in [-0.4, -0.2) is 54.8 Å². The number of nitrogens with one attached hydrogen (secondary N) is 1. The predicted octanol–water partition coefficient (Wildman–Crippen LogP) is 4.12. The number of benzene rings is 3. The number of aliphatic hydroxyl groups excluding tert-OH is 1. The van der Waals surface area contributed by atoms with Gasteiger partial charge in [0.25, 0.3) is 0 Å². The molecule has 2 aliphatic heterocycles. The molecular formula is C29H31FN2O4. The minimum atomic E-state index is -0.888. The second kappa shape index (κ2) is 11.1. The van der Waals surface area contributed by atoms with Crippen molar-refractivity contribution in [2.45, 2.75) is 31.4 Å². The van der Waals surface area contributed by atoms with Crippen LogP contribution in [0.5, 0.6) is 11.5 Å². The molecule has 7 heteroatoms. The van der Waals surface area contributed by atoms with E-state index in [1.807, 2.05) is 42.5 Å². The highest BCUT2D eigenvalue weighted by Crippen LogP contribution is 2.33. The number of hydrogen-bond acceptors (Lipinski definition) is 5. The lowest BCUT2D eigenvalue weighted by Gasteiger charge is -2.29. The number of rotatable bonds is 8. The van der Waals surface area contributed by atoms with Crippen LogP contribution in [0.15, 0.2) is 66.7 Å². The van der Waals surface area contributed by atoms with E-state index in [0.29, 0.717) is 36.8 Å². The summed E-state index contributed by atoms with van der Waals surface area (Å²) >= 11 is 0. The molecule has 2 heterocycles. The Morgan fingerprint density at radius 3 is 2.44 bits per heavy atom. The van der Waals surface area contributed by atoms with Crippen molar-refractivity contribution >= 4 is 5.91 Å². The number of carbonyl (C=O) groups excluding carboxylic acids is 1. The number of aliphatic hydroxyl groups is 1. The third-order valence-corrected chi connectivity index (χ3v) is 6.77. The molecule has 5 rings (SSSR count). The molecule has 2 aliphatic rings. The van der Waals surface area contributed by atoms with Crippen molar-refractivity contribution in [2.75, 3.05) is 32.8 Å². The summed E-state index contributed by atoms with van der Waals surface area (Å²) < 4.78 is 24.8. The van der Waals surface area contributed by atoms with E-state index in [1.54, 1.807) is 12.1 Å². The summed E-state index contributed by atoms with van der Waals surface area (Å²) in [5, 5.41) is 14.3. The van der Waals surface area contributed by atoms with Crippen LogP contribution in [0, 0.1) is 5.82 Å². The van der Waals surface area contributed by atoms with Gasteiger partial charge in [-0.05, 0) is 72.5 Å². The van der Waals surface area contributed by atoms with Crippen LogP contribution in [0.3, 0.4) is 0 Å². The van der Waals surface area contributed by atoms with Gasteiger partial charge in [-0.15, -0.1) is 0 Å². The van der Waals surface area contributed by atoms with Crippen molar-refractivity contribution in [2.24, 2.45) is 0 Å². The van der Waals surface area contributed by atoms with Crippen LogP contribution in [-0.2, 0) is 11.2 Å². The van der Waals surface area contributed by atoms with E-state index in [-0.39, 0.29) is 18.1 Å². The SMILES string of the molecule is O=C(Cc1ccc(-c2cccc(F)c2)cc1)NC(CN1CCCC1)C(O)c1ccc2c(c1)OCCO2. The number of nitrogens with zero attached hydrogens (tertiary/aromatic N) is 1. The topological polar surface area (TPSA) is 71.0 Å². The van der Waals surface area contributed by atoms with Crippen molar-refractivity contribution < 1.29 is 23.8 Å². The Morgan fingerprint density at radius 1 is 0.944 bits per heavy atom. The highest BCUT2D eigenvalue weighted by atomic mass is 19.1. The molecule has 36 heavy (non-hydrogen) atoms.